The monoisotopic (exact) mass is 202 g/mol. The lowest BCUT2D eigenvalue weighted by atomic mass is 10.1. The second kappa shape index (κ2) is 3.17. The minimum atomic E-state index is 0.0992. The first-order chi connectivity index (χ1) is 7.29. The molecule has 0 saturated carbocycles. The van der Waals surface area contributed by atoms with Crippen LogP contribution in [0.3, 0.4) is 0 Å². The molecule has 1 aromatic carbocycles. The van der Waals surface area contributed by atoms with Gasteiger partial charge in [-0.3, -0.25) is 4.79 Å². The quantitative estimate of drug-likeness (QED) is 0.697. The van der Waals surface area contributed by atoms with Crippen LogP contribution in [0.1, 0.15) is 41.6 Å². The Labute approximate surface area is 88.9 Å². The maximum absolute atomic E-state index is 11.5. The van der Waals surface area contributed by atoms with Crippen molar-refractivity contribution in [1.82, 2.24) is 0 Å². The van der Waals surface area contributed by atoms with Crippen molar-refractivity contribution in [3.8, 4) is 0 Å². The van der Waals surface area contributed by atoms with E-state index in [2.05, 4.69) is 0 Å². The highest BCUT2D eigenvalue weighted by molar-refractivity contribution is 5.45. The third-order valence-corrected chi connectivity index (χ3v) is 3.70. The molecule has 0 amide bonds. The highest BCUT2D eigenvalue weighted by atomic mass is 16.5. The summed E-state index contributed by atoms with van der Waals surface area (Å²) in [7, 11) is 1.73. The molecule has 2 aliphatic carbocycles. The number of ether oxygens (including phenoxy) is 1. The zero-order valence-corrected chi connectivity index (χ0v) is 8.82. The summed E-state index contributed by atoms with van der Waals surface area (Å²) in [5, 5.41) is 0. The number of hydrogen-bond acceptors (Lipinski definition) is 2. The van der Waals surface area contributed by atoms with Crippen LogP contribution < -0.4 is 5.43 Å². The minimum Gasteiger partial charge on any atom is -0.377 e. The molecule has 0 aliphatic heterocycles. The average Bonchev–Trinajstić information content (AvgIpc) is 2.71. The molecule has 1 aromatic rings. The Morgan fingerprint density at radius 1 is 1.40 bits per heavy atom. The fourth-order valence-electron chi connectivity index (χ4n) is 3.04. The van der Waals surface area contributed by atoms with Crippen molar-refractivity contribution >= 4 is 0 Å². The smallest absolute Gasteiger partial charge is 0.179 e. The van der Waals surface area contributed by atoms with Crippen molar-refractivity contribution in [1.29, 1.82) is 0 Å². The van der Waals surface area contributed by atoms with Crippen LogP contribution in [0.2, 0.25) is 0 Å². The van der Waals surface area contributed by atoms with Crippen LogP contribution >= 0.6 is 0 Å². The van der Waals surface area contributed by atoms with E-state index in [-0.39, 0.29) is 11.5 Å². The van der Waals surface area contributed by atoms with Crippen molar-refractivity contribution in [3.05, 3.63) is 45.1 Å². The summed E-state index contributed by atoms with van der Waals surface area (Å²) < 4.78 is 5.45. The molecule has 0 unspecified atom stereocenters. The van der Waals surface area contributed by atoms with Gasteiger partial charge in [0, 0.05) is 7.11 Å². The van der Waals surface area contributed by atoms with E-state index in [1.807, 2.05) is 6.07 Å². The maximum atomic E-state index is 11.5. The number of rotatable bonds is 1. The largest absolute Gasteiger partial charge is 0.377 e. The number of aryl methyl sites for hydroxylation is 1. The summed E-state index contributed by atoms with van der Waals surface area (Å²) in [5.74, 6) is 0.631. The lowest BCUT2D eigenvalue weighted by molar-refractivity contribution is 0.0997. The zero-order chi connectivity index (χ0) is 10.4. The van der Waals surface area contributed by atoms with E-state index in [1.54, 1.807) is 19.2 Å². The summed E-state index contributed by atoms with van der Waals surface area (Å²) in [6.45, 7) is 0. The Hall–Kier alpha value is -1.15. The SMILES string of the molecule is CO[C@@H]1C[C@@H]2CCc3ccc(=O)cc1c32. The highest BCUT2D eigenvalue weighted by Gasteiger charge is 2.35. The molecule has 0 radical (unpaired) electrons. The van der Waals surface area contributed by atoms with Gasteiger partial charge in [0.1, 0.15) is 0 Å². The van der Waals surface area contributed by atoms with Gasteiger partial charge in [0.2, 0.25) is 0 Å². The first kappa shape index (κ1) is 9.10. The van der Waals surface area contributed by atoms with Gasteiger partial charge < -0.3 is 4.74 Å². The molecule has 2 aliphatic rings. The molecule has 0 bridgehead atoms. The van der Waals surface area contributed by atoms with Gasteiger partial charge in [-0.1, -0.05) is 6.07 Å². The minimum absolute atomic E-state index is 0.0992. The predicted octanol–water partition coefficient (Wildman–Crippen LogP) is 2.17. The molecule has 3 rings (SSSR count). The van der Waals surface area contributed by atoms with Gasteiger partial charge in [0.05, 0.1) is 6.10 Å². The molecule has 2 atom stereocenters. The number of methoxy groups -OCH3 is 1. The van der Waals surface area contributed by atoms with Crippen LogP contribution in [-0.4, -0.2) is 7.11 Å². The van der Waals surface area contributed by atoms with E-state index in [4.69, 9.17) is 4.74 Å². The Morgan fingerprint density at radius 3 is 3.07 bits per heavy atom. The van der Waals surface area contributed by atoms with Crippen LogP contribution in [0.4, 0.5) is 0 Å². The second-order valence-electron chi connectivity index (χ2n) is 4.47. The molecule has 78 valence electrons. The van der Waals surface area contributed by atoms with Gasteiger partial charge in [0.15, 0.2) is 5.43 Å². The van der Waals surface area contributed by atoms with Crippen molar-refractivity contribution in [2.45, 2.75) is 31.3 Å². The van der Waals surface area contributed by atoms with Crippen LogP contribution in [0, 0.1) is 0 Å². The van der Waals surface area contributed by atoms with E-state index >= 15 is 0 Å². The Kier molecular flexibility index (Phi) is 1.93. The van der Waals surface area contributed by atoms with Gasteiger partial charge in [-0.2, -0.15) is 0 Å². The molecule has 0 fully saturated rings. The molecule has 0 heterocycles. The molecular formula is C13H14O2. The molecule has 0 spiro atoms. The molecule has 15 heavy (non-hydrogen) atoms. The maximum Gasteiger partial charge on any atom is 0.179 e. The summed E-state index contributed by atoms with van der Waals surface area (Å²) in [6, 6.07) is 5.44. The van der Waals surface area contributed by atoms with Gasteiger partial charge in [0.25, 0.3) is 0 Å². The average molecular weight is 202 g/mol. The van der Waals surface area contributed by atoms with Crippen molar-refractivity contribution in [3.63, 3.8) is 0 Å². The van der Waals surface area contributed by atoms with Gasteiger partial charge in [-0.25, -0.2) is 0 Å². The molecular weight excluding hydrogens is 188 g/mol. The summed E-state index contributed by atoms with van der Waals surface area (Å²) in [5.41, 5.74) is 4.01. The molecule has 2 nitrogen and oxygen atoms in total. The van der Waals surface area contributed by atoms with Crippen molar-refractivity contribution in [2.24, 2.45) is 0 Å². The van der Waals surface area contributed by atoms with E-state index in [0.29, 0.717) is 5.92 Å². The number of hydrogen-bond donors (Lipinski definition) is 0. The van der Waals surface area contributed by atoms with Gasteiger partial charge >= 0.3 is 0 Å². The Bertz CT molecular complexity index is 465. The van der Waals surface area contributed by atoms with Crippen LogP contribution in [0.5, 0.6) is 0 Å². The molecule has 0 aromatic heterocycles. The molecule has 0 saturated heterocycles. The Balaban J connectivity index is 2.29. The van der Waals surface area contributed by atoms with E-state index in [0.717, 1.165) is 18.4 Å². The van der Waals surface area contributed by atoms with Gasteiger partial charge in [-0.05, 0) is 54.0 Å². The lowest BCUT2D eigenvalue weighted by Crippen LogP contribution is -1.99. The standard InChI is InChI=1S/C13H14O2/c1-15-12-6-9-3-2-8-4-5-10(14)7-11(12)13(8)9/h4-5,7,9,12H,2-3,6H2,1H3/t9-,12+/m0/s1. The first-order valence-corrected chi connectivity index (χ1v) is 5.49. The fraction of sp³-hybridized carbons (Fsp3) is 0.462. The molecule has 0 N–H and O–H groups in total. The second-order valence-corrected chi connectivity index (χ2v) is 4.47. The predicted molar refractivity (Wildman–Crippen MR) is 58.1 cm³/mol. The van der Waals surface area contributed by atoms with Crippen molar-refractivity contribution < 1.29 is 4.74 Å². The zero-order valence-electron chi connectivity index (χ0n) is 8.82. The van der Waals surface area contributed by atoms with E-state index in [9.17, 15) is 4.79 Å². The third kappa shape index (κ3) is 1.25. The van der Waals surface area contributed by atoms with E-state index < -0.39 is 0 Å². The summed E-state index contributed by atoms with van der Waals surface area (Å²) in [4.78, 5) is 11.5. The first-order valence-electron chi connectivity index (χ1n) is 5.49. The van der Waals surface area contributed by atoms with Crippen LogP contribution in [0.15, 0.2) is 23.0 Å². The van der Waals surface area contributed by atoms with Gasteiger partial charge in [-0.15, -0.1) is 0 Å². The highest BCUT2D eigenvalue weighted by Crippen LogP contribution is 2.48. The van der Waals surface area contributed by atoms with E-state index in [1.165, 1.54) is 17.5 Å². The fourth-order valence-corrected chi connectivity index (χ4v) is 3.04. The van der Waals surface area contributed by atoms with Crippen LogP contribution in [-0.2, 0) is 11.2 Å². The van der Waals surface area contributed by atoms with Crippen LogP contribution in [0.25, 0.3) is 0 Å². The lowest BCUT2D eigenvalue weighted by Gasteiger charge is -2.08. The topological polar surface area (TPSA) is 26.3 Å². The molecule has 2 heteroatoms. The summed E-state index contributed by atoms with van der Waals surface area (Å²) >= 11 is 0. The normalized spacial score (nSPS) is 26.7. The Morgan fingerprint density at radius 2 is 2.27 bits per heavy atom. The van der Waals surface area contributed by atoms with Crippen molar-refractivity contribution in [2.75, 3.05) is 7.11 Å². The third-order valence-electron chi connectivity index (χ3n) is 3.70. The summed E-state index contributed by atoms with van der Waals surface area (Å²) in [6.07, 6.45) is 3.55.